The lowest BCUT2D eigenvalue weighted by atomic mass is 10.1. The fraction of sp³-hybridized carbons (Fsp3) is 0.619. The maximum Gasteiger partial charge on any atom is 0.411 e. The van der Waals surface area contributed by atoms with Crippen molar-refractivity contribution in [1.82, 2.24) is 4.90 Å². The molecule has 2 aliphatic carbocycles. The fourth-order valence-corrected chi connectivity index (χ4v) is 3.84. The van der Waals surface area contributed by atoms with Crippen LogP contribution in [0.1, 0.15) is 51.5 Å². The first-order valence-electron chi connectivity index (χ1n) is 10.0. The highest BCUT2D eigenvalue weighted by Gasteiger charge is 2.47. The molecule has 1 N–H and O–H groups in total. The number of carbonyl (C=O) groups is 2. The molecular weight excluding hydrogens is 451 g/mol. The van der Waals surface area contributed by atoms with Crippen LogP contribution in [0.5, 0.6) is 0 Å². The van der Waals surface area contributed by atoms with Gasteiger partial charge in [-0.1, -0.05) is 46.9 Å². The summed E-state index contributed by atoms with van der Waals surface area (Å²) in [5.74, 6) is 0.768. The minimum Gasteiger partial charge on any atom is -0.465 e. The van der Waals surface area contributed by atoms with E-state index in [0.717, 1.165) is 36.3 Å². The van der Waals surface area contributed by atoms with Crippen LogP contribution in [0, 0.1) is 5.92 Å². The SMILES string of the molecule is CC(C)(C)OC(=O)N(CC1CC1)C1CC1c1ccc(N(CC(Cl)(Cl)Cl)C(=O)O)cc1. The van der Waals surface area contributed by atoms with E-state index in [4.69, 9.17) is 39.5 Å². The number of amides is 2. The number of anilines is 1. The summed E-state index contributed by atoms with van der Waals surface area (Å²) in [6.07, 6.45) is 1.71. The zero-order valence-corrected chi connectivity index (χ0v) is 19.5. The number of halogens is 3. The summed E-state index contributed by atoms with van der Waals surface area (Å²) < 4.78 is 3.90. The van der Waals surface area contributed by atoms with E-state index >= 15 is 0 Å². The van der Waals surface area contributed by atoms with Gasteiger partial charge in [-0.2, -0.15) is 0 Å². The van der Waals surface area contributed by atoms with E-state index in [9.17, 15) is 14.7 Å². The Labute approximate surface area is 192 Å². The average Bonchev–Trinajstić information content (AvgIpc) is 3.49. The zero-order chi connectivity index (χ0) is 22.3. The van der Waals surface area contributed by atoms with Crippen molar-refractivity contribution < 1.29 is 19.4 Å². The largest absolute Gasteiger partial charge is 0.465 e. The molecule has 0 bridgehead atoms. The fourth-order valence-electron chi connectivity index (χ4n) is 3.48. The van der Waals surface area contributed by atoms with Gasteiger partial charge in [-0.25, -0.2) is 9.59 Å². The van der Waals surface area contributed by atoms with Crippen LogP contribution >= 0.6 is 34.8 Å². The molecule has 0 saturated heterocycles. The van der Waals surface area contributed by atoms with E-state index in [2.05, 4.69) is 0 Å². The van der Waals surface area contributed by atoms with Gasteiger partial charge in [0, 0.05) is 24.2 Å². The van der Waals surface area contributed by atoms with Gasteiger partial charge < -0.3 is 14.7 Å². The number of nitrogens with zero attached hydrogens (tertiary/aromatic N) is 2. The number of hydrogen-bond donors (Lipinski definition) is 1. The van der Waals surface area contributed by atoms with Gasteiger partial charge in [-0.15, -0.1) is 0 Å². The van der Waals surface area contributed by atoms with Crippen LogP contribution in [0.2, 0.25) is 0 Å². The van der Waals surface area contributed by atoms with Gasteiger partial charge in [0.1, 0.15) is 5.60 Å². The molecule has 0 heterocycles. The standard InChI is InChI=1S/C21H27Cl3N2O4/c1-20(2,3)30-19(29)25(11-13-4-5-13)17-10-16(17)14-6-8-15(9-7-14)26(18(27)28)12-21(22,23)24/h6-9,13,16-17H,4-5,10-12H2,1-3H3,(H,27,28). The molecular formula is C21H27Cl3N2O4. The van der Waals surface area contributed by atoms with Crippen molar-refractivity contribution in [2.24, 2.45) is 5.92 Å². The minimum absolute atomic E-state index is 0.100. The third kappa shape index (κ3) is 6.56. The summed E-state index contributed by atoms with van der Waals surface area (Å²) in [6, 6.07) is 7.25. The lowest BCUT2D eigenvalue weighted by molar-refractivity contribution is 0.0220. The van der Waals surface area contributed by atoms with Crippen molar-refractivity contribution in [3.8, 4) is 0 Å². The van der Waals surface area contributed by atoms with Crippen molar-refractivity contribution in [1.29, 1.82) is 0 Å². The Morgan fingerprint density at radius 1 is 1.13 bits per heavy atom. The first-order chi connectivity index (χ1) is 13.8. The van der Waals surface area contributed by atoms with Crippen molar-refractivity contribution in [3.05, 3.63) is 29.8 Å². The molecule has 30 heavy (non-hydrogen) atoms. The molecule has 2 aliphatic rings. The Kier molecular flexibility index (Phi) is 6.71. The molecule has 0 spiro atoms. The van der Waals surface area contributed by atoms with Gasteiger partial charge in [-0.3, -0.25) is 4.90 Å². The normalized spacial score (nSPS) is 21.1. The van der Waals surface area contributed by atoms with E-state index in [1.54, 1.807) is 12.1 Å². The summed E-state index contributed by atoms with van der Waals surface area (Å²) in [5, 5.41) is 9.43. The second-order valence-electron chi connectivity index (χ2n) is 9.06. The van der Waals surface area contributed by atoms with Crippen molar-refractivity contribution in [2.75, 3.05) is 18.0 Å². The maximum atomic E-state index is 12.7. The number of rotatable bonds is 6. The highest BCUT2D eigenvalue weighted by Crippen LogP contribution is 2.47. The molecule has 2 atom stereocenters. The minimum atomic E-state index is -1.71. The predicted octanol–water partition coefficient (Wildman–Crippen LogP) is 6.04. The van der Waals surface area contributed by atoms with E-state index < -0.39 is 15.5 Å². The third-order valence-corrected chi connectivity index (χ3v) is 5.50. The lowest BCUT2D eigenvalue weighted by Gasteiger charge is -2.28. The molecule has 2 amide bonds. The second-order valence-corrected chi connectivity index (χ2v) is 11.6. The van der Waals surface area contributed by atoms with Gasteiger partial charge in [0.05, 0.1) is 6.54 Å². The van der Waals surface area contributed by atoms with E-state index in [-0.39, 0.29) is 24.6 Å². The van der Waals surface area contributed by atoms with Crippen LogP contribution < -0.4 is 4.90 Å². The van der Waals surface area contributed by atoms with Gasteiger partial charge in [0.2, 0.25) is 3.79 Å². The summed E-state index contributed by atoms with van der Waals surface area (Å²) in [5.41, 5.74) is 0.942. The van der Waals surface area contributed by atoms with Gasteiger partial charge in [-0.05, 0) is 63.6 Å². The number of alkyl halides is 3. The molecule has 6 nitrogen and oxygen atoms in total. The Morgan fingerprint density at radius 3 is 2.20 bits per heavy atom. The van der Waals surface area contributed by atoms with Crippen LogP contribution in [-0.4, -0.2) is 50.7 Å². The third-order valence-electron chi connectivity index (χ3n) is 5.14. The second kappa shape index (κ2) is 8.64. The monoisotopic (exact) mass is 476 g/mol. The Morgan fingerprint density at radius 2 is 1.73 bits per heavy atom. The molecule has 3 rings (SSSR count). The Balaban J connectivity index is 1.69. The maximum absolute atomic E-state index is 12.7. The Bertz CT molecular complexity index is 785. The van der Waals surface area contributed by atoms with Crippen LogP contribution in [0.3, 0.4) is 0 Å². The molecule has 2 fully saturated rings. The van der Waals surface area contributed by atoms with Crippen molar-refractivity contribution >= 4 is 52.7 Å². The van der Waals surface area contributed by atoms with Gasteiger partial charge in [0.15, 0.2) is 0 Å². The van der Waals surface area contributed by atoms with Crippen LogP contribution in [0.25, 0.3) is 0 Å². The van der Waals surface area contributed by atoms with Crippen LogP contribution in [-0.2, 0) is 4.74 Å². The zero-order valence-electron chi connectivity index (χ0n) is 17.3. The van der Waals surface area contributed by atoms with Crippen LogP contribution in [0.15, 0.2) is 24.3 Å². The first-order valence-corrected chi connectivity index (χ1v) is 11.1. The summed E-state index contributed by atoms with van der Waals surface area (Å²) in [6.45, 7) is 6.06. The predicted molar refractivity (Wildman–Crippen MR) is 119 cm³/mol. The molecule has 2 unspecified atom stereocenters. The first kappa shape index (κ1) is 23.3. The lowest BCUT2D eigenvalue weighted by Crippen LogP contribution is -2.40. The average molecular weight is 478 g/mol. The number of carbonyl (C=O) groups excluding carboxylic acids is 1. The molecule has 166 valence electrons. The summed E-state index contributed by atoms with van der Waals surface area (Å²) in [4.78, 5) is 27.1. The smallest absolute Gasteiger partial charge is 0.411 e. The van der Waals surface area contributed by atoms with E-state index in [1.807, 2.05) is 37.8 Å². The number of carboxylic acid groups (broad SMARTS) is 1. The summed E-state index contributed by atoms with van der Waals surface area (Å²) >= 11 is 17.3. The number of benzene rings is 1. The van der Waals surface area contributed by atoms with Crippen molar-refractivity contribution in [3.63, 3.8) is 0 Å². The van der Waals surface area contributed by atoms with E-state index in [1.165, 1.54) is 0 Å². The molecule has 0 radical (unpaired) electrons. The van der Waals surface area contributed by atoms with Crippen LogP contribution in [0.4, 0.5) is 15.3 Å². The molecule has 1 aromatic carbocycles. The highest BCUT2D eigenvalue weighted by atomic mass is 35.6. The molecule has 9 heteroatoms. The molecule has 1 aromatic rings. The molecule has 2 saturated carbocycles. The summed E-state index contributed by atoms with van der Waals surface area (Å²) in [7, 11) is 0. The van der Waals surface area contributed by atoms with Gasteiger partial charge >= 0.3 is 12.2 Å². The quantitative estimate of drug-likeness (QED) is 0.507. The molecule has 0 aromatic heterocycles. The molecule has 0 aliphatic heterocycles. The van der Waals surface area contributed by atoms with Crippen molar-refractivity contribution in [2.45, 2.75) is 61.4 Å². The number of hydrogen-bond acceptors (Lipinski definition) is 3. The van der Waals surface area contributed by atoms with E-state index in [0.29, 0.717) is 11.6 Å². The Hall–Kier alpha value is -1.37. The van der Waals surface area contributed by atoms with Gasteiger partial charge in [0.25, 0.3) is 0 Å². The number of ether oxygens (including phenoxy) is 1. The topological polar surface area (TPSA) is 70.1 Å². The highest BCUT2D eigenvalue weighted by molar-refractivity contribution is 6.68.